The minimum absolute atomic E-state index is 0.0802. The molecule has 0 heterocycles. The summed E-state index contributed by atoms with van der Waals surface area (Å²) in [6.07, 6.45) is 0.764. The Bertz CT molecular complexity index is 1510. The highest BCUT2D eigenvalue weighted by molar-refractivity contribution is 5.95. The summed E-state index contributed by atoms with van der Waals surface area (Å²) in [6, 6.07) is 0. The number of carboxylic acid groups (broad SMARTS) is 2. The average molecular weight is 953 g/mol. The molecule has 0 aliphatic rings. The van der Waals surface area contributed by atoms with Gasteiger partial charge in [0.05, 0.1) is 32.5 Å². The van der Waals surface area contributed by atoms with Gasteiger partial charge in [0.25, 0.3) is 0 Å². The molecule has 3 N–H and O–H groups in total. The van der Waals surface area contributed by atoms with Gasteiger partial charge in [-0.15, -0.1) is 0 Å². The van der Waals surface area contributed by atoms with Crippen LogP contribution in [0.2, 0.25) is 0 Å². The van der Waals surface area contributed by atoms with Crippen LogP contribution in [0.4, 0.5) is 0 Å². The van der Waals surface area contributed by atoms with Crippen LogP contribution in [0.1, 0.15) is 101 Å². The second-order valence-electron chi connectivity index (χ2n) is 14.8. The summed E-state index contributed by atoms with van der Waals surface area (Å²) >= 11 is 0. The third-order valence-corrected chi connectivity index (χ3v) is 6.21. The standard InChI is InChI=1S/C16H26O7.C12H18O7.C11H16O6.C5H12O2/c1-6-20-8-7-9-21-13(17)10-12(2)15(19)22-11-14(18)23-16(3,4)5;1-3-17-5-4-6-18-11(15)7-9(2)12(16)19-8-10(13)14;1-7(5-8(12)13)10(15)16-6-9(14)17-11(2,3)4;1-2-7-5-3-4-6/h2,6-11H2,1,3-5H3;2-8H2,1H3,(H,13,14);1,5-6H2,2-4H3,(H,12,13);6H,2-5H2,1H3. The minimum Gasteiger partial charge on any atom is -0.481 e. The number of aliphatic hydroxyl groups is 1. The molecule has 0 aromatic heterocycles. The molecule has 0 aliphatic heterocycles. The quantitative estimate of drug-likeness (QED) is 0.0417. The Kier molecular flexibility index (Phi) is 41.3. The zero-order chi connectivity index (χ0) is 51.7. The molecule has 0 unspecified atom stereocenters. The van der Waals surface area contributed by atoms with E-state index in [0.717, 1.165) is 13.0 Å². The van der Waals surface area contributed by atoms with Crippen LogP contribution in [0, 0.1) is 0 Å². The second-order valence-corrected chi connectivity index (χ2v) is 14.8. The Hall–Kier alpha value is -5.71. The van der Waals surface area contributed by atoms with Crippen LogP contribution in [0.15, 0.2) is 36.5 Å². The highest BCUT2D eigenvalue weighted by atomic mass is 16.6. The van der Waals surface area contributed by atoms with Crippen molar-refractivity contribution in [3.05, 3.63) is 36.5 Å². The third kappa shape index (κ3) is 50.9. The summed E-state index contributed by atoms with van der Waals surface area (Å²) in [5.74, 6) is -7.71. The van der Waals surface area contributed by atoms with Crippen molar-refractivity contribution < 1.29 is 106 Å². The lowest BCUT2D eigenvalue weighted by Crippen LogP contribution is -2.27. The maximum absolute atomic E-state index is 11.6. The number of aliphatic hydroxyl groups excluding tert-OH is 1. The first-order chi connectivity index (χ1) is 30.7. The normalized spacial score (nSPS) is 10.3. The lowest BCUT2D eigenvalue weighted by Gasteiger charge is -2.19. The summed E-state index contributed by atoms with van der Waals surface area (Å²) in [7, 11) is 0. The van der Waals surface area contributed by atoms with E-state index in [1.54, 1.807) is 41.5 Å². The average Bonchev–Trinajstić information content (AvgIpc) is 3.20. The largest absolute Gasteiger partial charge is 0.481 e. The van der Waals surface area contributed by atoms with E-state index in [2.05, 4.69) is 29.2 Å². The molecule has 66 heavy (non-hydrogen) atoms. The molecule has 0 radical (unpaired) electrons. The number of esters is 7. The molecule has 380 valence electrons. The van der Waals surface area contributed by atoms with E-state index in [0.29, 0.717) is 45.9 Å². The van der Waals surface area contributed by atoms with Gasteiger partial charge in [0, 0.05) is 75.8 Å². The SMILES string of the molecule is C=C(CC(=O)O)C(=O)OCC(=O)OC(C)(C)C.C=C(CC(=O)OCCCOCC)C(=O)OCC(=O)O.C=C(CC(=O)OCCCOCC)C(=O)OCC(=O)OC(C)(C)C.CCOCCCO. The third-order valence-electron chi connectivity index (χ3n) is 6.21. The Morgan fingerprint density at radius 1 is 0.424 bits per heavy atom. The second kappa shape index (κ2) is 40.8. The predicted octanol–water partition coefficient (Wildman–Crippen LogP) is 3.63. The number of carboxylic acids is 2. The number of carbonyl (C=O) groups excluding carboxylic acids is 7. The van der Waals surface area contributed by atoms with E-state index in [1.165, 1.54) is 0 Å². The summed E-state index contributed by atoms with van der Waals surface area (Å²) in [4.78, 5) is 99.7. The molecule has 22 nitrogen and oxygen atoms in total. The first kappa shape index (κ1) is 66.9. The van der Waals surface area contributed by atoms with Crippen LogP contribution < -0.4 is 0 Å². The number of rotatable bonds is 29. The summed E-state index contributed by atoms with van der Waals surface area (Å²) in [5.41, 5.74) is -1.77. The van der Waals surface area contributed by atoms with Gasteiger partial charge in [0.1, 0.15) is 11.2 Å². The number of ether oxygens (including phenoxy) is 10. The van der Waals surface area contributed by atoms with Crippen LogP contribution in [0.5, 0.6) is 0 Å². The minimum atomic E-state index is -1.28. The van der Waals surface area contributed by atoms with Gasteiger partial charge in [0.2, 0.25) is 0 Å². The zero-order valence-electron chi connectivity index (χ0n) is 39.9. The van der Waals surface area contributed by atoms with Crippen molar-refractivity contribution in [1.82, 2.24) is 0 Å². The van der Waals surface area contributed by atoms with Crippen molar-refractivity contribution in [3.63, 3.8) is 0 Å². The Morgan fingerprint density at radius 3 is 1.03 bits per heavy atom. The van der Waals surface area contributed by atoms with Gasteiger partial charge in [-0.05, 0) is 68.7 Å². The Labute approximate surface area is 386 Å². The predicted molar refractivity (Wildman–Crippen MR) is 233 cm³/mol. The molecular formula is C44H72O22. The van der Waals surface area contributed by atoms with Crippen LogP contribution in [0.3, 0.4) is 0 Å². The molecule has 0 rings (SSSR count). The van der Waals surface area contributed by atoms with Crippen molar-refractivity contribution >= 4 is 53.7 Å². The van der Waals surface area contributed by atoms with Crippen LogP contribution in [0.25, 0.3) is 0 Å². The van der Waals surface area contributed by atoms with Crippen LogP contribution >= 0.6 is 0 Å². The van der Waals surface area contributed by atoms with Gasteiger partial charge in [-0.2, -0.15) is 0 Å². The molecule has 0 atom stereocenters. The van der Waals surface area contributed by atoms with Crippen molar-refractivity contribution in [2.24, 2.45) is 0 Å². The molecule has 0 fully saturated rings. The van der Waals surface area contributed by atoms with E-state index in [1.807, 2.05) is 20.8 Å². The van der Waals surface area contributed by atoms with Crippen molar-refractivity contribution in [3.8, 4) is 0 Å². The lowest BCUT2D eigenvalue weighted by atomic mass is 10.2. The number of aliphatic carboxylic acids is 2. The highest BCUT2D eigenvalue weighted by Gasteiger charge is 2.21. The molecule has 0 aromatic rings. The molecule has 0 spiro atoms. The lowest BCUT2D eigenvalue weighted by molar-refractivity contribution is -0.165. The molecular weight excluding hydrogens is 880 g/mol. The molecule has 22 heteroatoms. The Morgan fingerprint density at radius 2 is 0.742 bits per heavy atom. The van der Waals surface area contributed by atoms with Gasteiger partial charge in [0.15, 0.2) is 19.8 Å². The zero-order valence-corrected chi connectivity index (χ0v) is 39.9. The molecule has 0 amide bonds. The number of hydrogen-bond acceptors (Lipinski definition) is 20. The molecule has 0 aromatic carbocycles. The fourth-order valence-electron chi connectivity index (χ4n) is 3.57. The van der Waals surface area contributed by atoms with Crippen molar-refractivity contribution in [2.45, 2.75) is 112 Å². The maximum Gasteiger partial charge on any atom is 0.344 e. The van der Waals surface area contributed by atoms with E-state index in [4.69, 9.17) is 53.2 Å². The number of carbonyl (C=O) groups is 9. The van der Waals surface area contributed by atoms with E-state index in [9.17, 15) is 43.2 Å². The molecule has 0 saturated heterocycles. The highest BCUT2D eigenvalue weighted by Crippen LogP contribution is 2.10. The fraction of sp³-hybridized carbons (Fsp3) is 0.659. The smallest absolute Gasteiger partial charge is 0.344 e. The van der Waals surface area contributed by atoms with E-state index >= 15 is 0 Å². The van der Waals surface area contributed by atoms with E-state index < -0.39 is 91.2 Å². The first-order valence-corrected chi connectivity index (χ1v) is 20.7. The number of hydrogen-bond donors (Lipinski definition) is 3. The van der Waals surface area contributed by atoms with Gasteiger partial charge in [-0.25, -0.2) is 28.8 Å². The van der Waals surface area contributed by atoms with Crippen molar-refractivity contribution in [1.29, 1.82) is 0 Å². The summed E-state index contributed by atoms with van der Waals surface area (Å²) in [5, 5.41) is 24.9. The van der Waals surface area contributed by atoms with E-state index in [-0.39, 0.29) is 49.4 Å². The van der Waals surface area contributed by atoms with Crippen molar-refractivity contribution in [2.75, 3.05) is 79.3 Å². The molecule has 0 aliphatic carbocycles. The van der Waals surface area contributed by atoms with Gasteiger partial charge in [-0.1, -0.05) is 19.7 Å². The molecule has 0 bridgehead atoms. The van der Waals surface area contributed by atoms with Crippen LogP contribution in [-0.4, -0.2) is 160 Å². The summed E-state index contributed by atoms with van der Waals surface area (Å²) in [6.45, 7) is 28.3. The molecule has 0 saturated carbocycles. The van der Waals surface area contributed by atoms with Gasteiger partial charge in [-0.3, -0.25) is 14.4 Å². The first-order valence-electron chi connectivity index (χ1n) is 20.7. The Balaban J connectivity index is -0.000000410. The summed E-state index contributed by atoms with van der Waals surface area (Å²) < 4.78 is 48.3. The van der Waals surface area contributed by atoms with Gasteiger partial charge < -0.3 is 62.7 Å². The maximum atomic E-state index is 11.6. The topological polar surface area (TPSA) is 307 Å². The monoisotopic (exact) mass is 952 g/mol. The fourth-order valence-corrected chi connectivity index (χ4v) is 3.57. The van der Waals surface area contributed by atoms with Gasteiger partial charge >= 0.3 is 53.7 Å². The van der Waals surface area contributed by atoms with Crippen LogP contribution in [-0.2, 0) is 90.5 Å².